The highest BCUT2D eigenvalue weighted by atomic mass is 127. The second kappa shape index (κ2) is 15.1. The number of amides is 1. The van der Waals surface area contributed by atoms with Crippen molar-refractivity contribution in [3.05, 3.63) is 0 Å². The van der Waals surface area contributed by atoms with Crippen molar-refractivity contribution >= 4 is 36.0 Å². The van der Waals surface area contributed by atoms with Crippen molar-refractivity contribution in [3.8, 4) is 0 Å². The topological polar surface area (TPSA) is 84.4 Å². The SMILES string of the molecule is CN=C(NCCCOCC1CCOCC1)NCC1CCN(C(=O)OC(C)(C)C)CC1.I. The molecule has 31 heavy (non-hydrogen) atoms. The molecule has 2 aliphatic heterocycles. The van der Waals surface area contributed by atoms with E-state index >= 15 is 0 Å². The summed E-state index contributed by atoms with van der Waals surface area (Å²) in [6, 6.07) is 0. The first kappa shape index (κ1) is 28.2. The first-order valence-electron chi connectivity index (χ1n) is 11.5. The number of rotatable bonds is 8. The van der Waals surface area contributed by atoms with Crippen molar-refractivity contribution in [2.24, 2.45) is 16.8 Å². The Morgan fingerprint density at radius 3 is 2.39 bits per heavy atom. The van der Waals surface area contributed by atoms with Gasteiger partial charge in [0.2, 0.25) is 0 Å². The quantitative estimate of drug-likeness (QED) is 0.208. The molecule has 2 fully saturated rings. The molecular formula is C22H43IN4O4. The molecule has 0 aromatic carbocycles. The van der Waals surface area contributed by atoms with E-state index in [1.165, 1.54) is 0 Å². The molecule has 1 amide bonds. The van der Waals surface area contributed by atoms with E-state index in [1.54, 1.807) is 7.05 Å². The van der Waals surface area contributed by atoms with Crippen LogP contribution in [-0.4, -0.2) is 82.2 Å². The summed E-state index contributed by atoms with van der Waals surface area (Å²) >= 11 is 0. The van der Waals surface area contributed by atoms with Crippen LogP contribution in [0.3, 0.4) is 0 Å². The minimum absolute atomic E-state index is 0. The van der Waals surface area contributed by atoms with E-state index in [1.807, 2.05) is 25.7 Å². The lowest BCUT2D eigenvalue weighted by atomic mass is 9.97. The molecule has 0 unspecified atom stereocenters. The number of nitrogens with zero attached hydrogens (tertiary/aromatic N) is 2. The number of hydrogen-bond acceptors (Lipinski definition) is 5. The number of nitrogens with one attached hydrogen (secondary N) is 2. The second-order valence-corrected chi connectivity index (χ2v) is 9.27. The summed E-state index contributed by atoms with van der Waals surface area (Å²) < 4.78 is 16.6. The van der Waals surface area contributed by atoms with Crippen molar-refractivity contribution < 1.29 is 19.0 Å². The highest BCUT2D eigenvalue weighted by molar-refractivity contribution is 14.0. The number of aliphatic imine (C=N–C) groups is 1. The van der Waals surface area contributed by atoms with Crippen molar-refractivity contribution in [2.75, 3.05) is 59.7 Å². The molecule has 0 radical (unpaired) electrons. The van der Waals surface area contributed by atoms with Gasteiger partial charge in [-0.05, 0) is 64.7 Å². The zero-order valence-electron chi connectivity index (χ0n) is 19.8. The Morgan fingerprint density at radius 2 is 1.77 bits per heavy atom. The highest BCUT2D eigenvalue weighted by Crippen LogP contribution is 2.19. The average Bonchev–Trinajstić information content (AvgIpc) is 2.72. The van der Waals surface area contributed by atoms with Gasteiger partial charge in [-0.2, -0.15) is 0 Å². The summed E-state index contributed by atoms with van der Waals surface area (Å²) in [5.74, 6) is 2.02. The molecule has 182 valence electrons. The minimum atomic E-state index is -0.441. The van der Waals surface area contributed by atoms with E-state index < -0.39 is 5.60 Å². The number of hydrogen-bond donors (Lipinski definition) is 2. The predicted octanol–water partition coefficient (Wildman–Crippen LogP) is 3.25. The number of halogens is 1. The predicted molar refractivity (Wildman–Crippen MR) is 134 cm³/mol. The van der Waals surface area contributed by atoms with E-state index in [2.05, 4.69) is 15.6 Å². The van der Waals surface area contributed by atoms with E-state index in [-0.39, 0.29) is 30.1 Å². The van der Waals surface area contributed by atoms with Gasteiger partial charge in [-0.15, -0.1) is 24.0 Å². The van der Waals surface area contributed by atoms with Crippen LogP contribution in [-0.2, 0) is 14.2 Å². The van der Waals surface area contributed by atoms with Crippen molar-refractivity contribution in [1.29, 1.82) is 0 Å². The fraction of sp³-hybridized carbons (Fsp3) is 0.909. The Balaban J connectivity index is 0.00000480. The molecule has 2 saturated heterocycles. The molecule has 2 rings (SSSR count). The van der Waals surface area contributed by atoms with Crippen LogP contribution in [0.5, 0.6) is 0 Å². The van der Waals surface area contributed by atoms with Gasteiger partial charge >= 0.3 is 6.09 Å². The highest BCUT2D eigenvalue weighted by Gasteiger charge is 2.26. The van der Waals surface area contributed by atoms with Crippen LogP contribution in [0.25, 0.3) is 0 Å². The Kier molecular flexibility index (Phi) is 13.8. The van der Waals surface area contributed by atoms with Gasteiger partial charge in [-0.1, -0.05) is 0 Å². The zero-order chi connectivity index (χ0) is 21.8. The number of ether oxygens (including phenoxy) is 3. The minimum Gasteiger partial charge on any atom is -0.444 e. The number of carbonyl (C=O) groups excluding carboxylic acids is 1. The maximum absolute atomic E-state index is 12.2. The zero-order valence-corrected chi connectivity index (χ0v) is 22.1. The summed E-state index contributed by atoms with van der Waals surface area (Å²) in [5, 5.41) is 6.77. The molecule has 0 aromatic heterocycles. The van der Waals surface area contributed by atoms with Gasteiger partial charge in [0.05, 0.1) is 0 Å². The molecule has 0 atom stereocenters. The van der Waals surface area contributed by atoms with E-state index in [0.717, 1.165) is 90.7 Å². The van der Waals surface area contributed by atoms with Crippen LogP contribution in [0, 0.1) is 11.8 Å². The van der Waals surface area contributed by atoms with Gasteiger partial charge in [-0.25, -0.2) is 4.79 Å². The first-order chi connectivity index (χ1) is 14.4. The molecular weight excluding hydrogens is 511 g/mol. The van der Waals surface area contributed by atoms with Crippen LogP contribution in [0.4, 0.5) is 4.79 Å². The summed E-state index contributed by atoms with van der Waals surface area (Å²) in [4.78, 5) is 18.3. The van der Waals surface area contributed by atoms with Crippen molar-refractivity contribution in [1.82, 2.24) is 15.5 Å². The smallest absolute Gasteiger partial charge is 0.410 e. The maximum atomic E-state index is 12.2. The van der Waals surface area contributed by atoms with Gasteiger partial charge in [0.25, 0.3) is 0 Å². The molecule has 2 heterocycles. The van der Waals surface area contributed by atoms with Gasteiger partial charge in [0.1, 0.15) is 5.60 Å². The maximum Gasteiger partial charge on any atom is 0.410 e. The Morgan fingerprint density at radius 1 is 1.10 bits per heavy atom. The van der Waals surface area contributed by atoms with Gasteiger partial charge in [0.15, 0.2) is 5.96 Å². The third kappa shape index (κ3) is 12.1. The molecule has 0 aromatic rings. The van der Waals surface area contributed by atoms with Crippen molar-refractivity contribution in [3.63, 3.8) is 0 Å². The molecule has 8 nitrogen and oxygen atoms in total. The monoisotopic (exact) mass is 554 g/mol. The summed E-state index contributed by atoms with van der Waals surface area (Å²) in [7, 11) is 1.79. The average molecular weight is 555 g/mol. The van der Waals surface area contributed by atoms with Crippen LogP contribution < -0.4 is 10.6 Å². The molecule has 9 heteroatoms. The fourth-order valence-corrected chi connectivity index (χ4v) is 3.65. The van der Waals surface area contributed by atoms with E-state index in [4.69, 9.17) is 14.2 Å². The number of guanidine groups is 1. The molecule has 2 aliphatic rings. The van der Waals surface area contributed by atoms with Crippen LogP contribution in [0.1, 0.15) is 52.9 Å². The lowest BCUT2D eigenvalue weighted by molar-refractivity contribution is 0.0185. The Labute approximate surface area is 205 Å². The fourth-order valence-electron chi connectivity index (χ4n) is 3.65. The van der Waals surface area contributed by atoms with Gasteiger partial charge in [0, 0.05) is 59.7 Å². The standard InChI is InChI=1S/C22H42N4O4.HI/c1-22(2,3)30-21(27)26-11-6-18(7-12-26)16-25-20(23-4)24-10-5-13-29-17-19-8-14-28-15-9-19;/h18-19H,5-17H2,1-4H3,(H2,23,24,25);1H. The molecule has 2 N–H and O–H groups in total. The molecule has 0 aliphatic carbocycles. The third-order valence-electron chi connectivity index (χ3n) is 5.50. The first-order valence-corrected chi connectivity index (χ1v) is 11.5. The molecule has 0 saturated carbocycles. The lowest BCUT2D eigenvalue weighted by Gasteiger charge is -2.33. The summed E-state index contributed by atoms with van der Waals surface area (Å²) in [6.45, 7) is 12.3. The van der Waals surface area contributed by atoms with Gasteiger partial charge < -0.3 is 29.7 Å². The van der Waals surface area contributed by atoms with Crippen LogP contribution in [0.15, 0.2) is 4.99 Å². The largest absolute Gasteiger partial charge is 0.444 e. The normalized spacial score (nSPS) is 19.0. The van der Waals surface area contributed by atoms with Crippen LogP contribution >= 0.6 is 24.0 Å². The third-order valence-corrected chi connectivity index (χ3v) is 5.50. The summed E-state index contributed by atoms with van der Waals surface area (Å²) in [6.07, 6.45) is 4.94. The summed E-state index contributed by atoms with van der Waals surface area (Å²) in [5.41, 5.74) is -0.441. The van der Waals surface area contributed by atoms with Crippen LogP contribution in [0.2, 0.25) is 0 Å². The second-order valence-electron chi connectivity index (χ2n) is 9.27. The van der Waals surface area contributed by atoms with E-state index in [9.17, 15) is 4.79 Å². The molecule has 0 bridgehead atoms. The van der Waals surface area contributed by atoms with Crippen molar-refractivity contribution in [2.45, 2.75) is 58.5 Å². The molecule has 0 spiro atoms. The number of likely N-dealkylation sites (tertiary alicyclic amines) is 1. The lowest BCUT2D eigenvalue weighted by Crippen LogP contribution is -2.45. The number of carbonyl (C=O) groups is 1. The Bertz CT molecular complexity index is 528. The Hall–Kier alpha value is -0.810. The van der Waals surface area contributed by atoms with Gasteiger partial charge in [-0.3, -0.25) is 4.99 Å². The number of piperidine rings is 1. The van der Waals surface area contributed by atoms with E-state index in [0.29, 0.717) is 11.8 Å².